The van der Waals surface area contributed by atoms with E-state index in [1.165, 1.54) is 18.2 Å². The number of amides is 1. The number of nitrogens with zero attached hydrogens (tertiary/aromatic N) is 4. The lowest BCUT2D eigenvalue weighted by molar-refractivity contribution is -0.137. The van der Waals surface area contributed by atoms with Crippen LogP contribution in [0, 0.1) is 23.5 Å². The summed E-state index contributed by atoms with van der Waals surface area (Å²) in [6.45, 7) is 5.26. The van der Waals surface area contributed by atoms with E-state index in [1.807, 2.05) is 6.92 Å². The van der Waals surface area contributed by atoms with Crippen LogP contribution in [0.2, 0.25) is 0 Å². The van der Waals surface area contributed by atoms with Crippen molar-refractivity contribution in [2.24, 2.45) is 5.10 Å². The molecule has 0 aliphatic rings. The number of alkyl halides is 3. The van der Waals surface area contributed by atoms with Crippen LogP contribution in [0.5, 0.6) is 5.88 Å². The summed E-state index contributed by atoms with van der Waals surface area (Å²) < 4.78 is 72.2. The lowest BCUT2D eigenvalue weighted by atomic mass is 10.1. The molecule has 1 amide bonds. The van der Waals surface area contributed by atoms with Gasteiger partial charge in [0.05, 0.1) is 23.4 Å². The second kappa shape index (κ2) is 12.1. The summed E-state index contributed by atoms with van der Waals surface area (Å²) in [5.74, 6) is 2.34. The number of likely N-dealkylation sites (N-methyl/N-ethyl adjacent to an activating group) is 1. The summed E-state index contributed by atoms with van der Waals surface area (Å²) in [5, 5.41) is 4.98. The van der Waals surface area contributed by atoms with Gasteiger partial charge >= 0.3 is 6.18 Å². The number of benzene rings is 1. The van der Waals surface area contributed by atoms with Crippen molar-refractivity contribution in [3.8, 4) is 17.7 Å². The zero-order valence-electron chi connectivity index (χ0n) is 19.7. The number of carbonyl (C=O) groups excluding carboxylic acids is 1. The highest BCUT2D eigenvalue weighted by atomic mass is 19.4. The van der Waals surface area contributed by atoms with Gasteiger partial charge in [-0.3, -0.25) is 9.80 Å². The Morgan fingerprint density at radius 2 is 1.94 bits per heavy atom. The van der Waals surface area contributed by atoms with Gasteiger partial charge in [0.2, 0.25) is 5.88 Å². The fraction of sp³-hybridized carbons (Fsp3) is 0.375. The molecule has 0 saturated heterocycles. The molecule has 11 heteroatoms. The van der Waals surface area contributed by atoms with Gasteiger partial charge in [-0.15, -0.1) is 0 Å². The first-order chi connectivity index (χ1) is 16.5. The summed E-state index contributed by atoms with van der Waals surface area (Å²) in [6.07, 6.45) is -2.07. The van der Waals surface area contributed by atoms with Gasteiger partial charge in [-0.25, -0.2) is 13.8 Å². The maximum absolute atomic E-state index is 14.7. The van der Waals surface area contributed by atoms with Crippen LogP contribution in [0.25, 0.3) is 0 Å². The van der Waals surface area contributed by atoms with Crippen LogP contribution in [0.4, 0.5) is 27.6 Å². The van der Waals surface area contributed by atoms with Gasteiger partial charge in [-0.05, 0) is 32.0 Å². The van der Waals surface area contributed by atoms with Crippen molar-refractivity contribution >= 4 is 17.8 Å². The lowest BCUT2D eigenvalue weighted by Gasteiger charge is -2.29. The Kier molecular flexibility index (Phi) is 9.57. The van der Waals surface area contributed by atoms with Crippen LogP contribution in [0.1, 0.15) is 43.1 Å². The Morgan fingerprint density at radius 3 is 2.51 bits per heavy atom. The summed E-state index contributed by atoms with van der Waals surface area (Å²) in [7, 11) is 1.36. The Hall–Kier alpha value is -3.68. The quantitative estimate of drug-likeness (QED) is 0.220. The third-order valence-corrected chi connectivity index (χ3v) is 4.87. The van der Waals surface area contributed by atoms with E-state index in [1.54, 1.807) is 13.8 Å². The van der Waals surface area contributed by atoms with Gasteiger partial charge < -0.3 is 9.64 Å². The van der Waals surface area contributed by atoms with E-state index in [4.69, 9.17) is 4.74 Å². The molecule has 0 aliphatic carbocycles. The minimum Gasteiger partial charge on any atom is -0.475 e. The molecular formula is C24H25F5N4O2. The van der Waals surface area contributed by atoms with Crippen LogP contribution in [-0.4, -0.2) is 48.2 Å². The average Bonchev–Trinajstić information content (AvgIpc) is 2.82. The van der Waals surface area contributed by atoms with Gasteiger partial charge in [0.25, 0.3) is 5.91 Å². The van der Waals surface area contributed by atoms with Gasteiger partial charge in [0, 0.05) is 32.3 Å². The third kappa shape index (κ3) is 7.15. The van der Waals surface area contributed by atoms with E-state index >= 15 is 0 Å². The SMILES string of the molecule is CCC#C/C=N\N(C)c1c(C(=O)N(CC)C(C)COc2ccc(C(F)(F)F)cn2)ccc(F)c1F. The smallest absolute Gasteiger partial charge is 0.417 e. The number of pyridine rings is 1. The molecule has 1 aromatic carbocycles. The number of anilines is 1. The highest BCUT2D eigenvalue weighted by molar-refractivity contribution is 6.00. The Balaban J connectivity index is 2.23. The molecular weight excluding hydrogens is 471 g/mol. The largest absolute Gasteiger partial charge is 0.475 e. The molecule has 0 spiro atoms. The lowest BCUT2D eigenvalue weighted by Crippen LogP contribution is -2.42. The molecule has 188 valence electrons. The summed E-state index contributed by atoms with van der Waals surface area (Å²) in [6, 6.07) is 3.34. The van der Waals surface area contributed by atoms with Crippen molar-refractivity contribution in [1.82, 2.24) is 9.88 Å². The minimum atomic E-state index is -4.52. The molecule has 1 heterocycles. The van der Waals surface area contributed by atoms with Crippen LogP contribution in [0.15, 0.2) is 35.6 Å². The number of hydrogen-bond acceptors (Lipinski definition) is 5. The molecule has 0 aliphatic heterocycles. The van der Waals surface area contributed by atoms with Crippen molar-refractivity contribution in [2.45, 2.75) is 39.4 Å². The molecule has 2 aromatic rings. The number of halogens is 5. The van der Waals surface area contributed by atoms with Crippen LogP contribution in [-0.2, 0) is 6.18 Å². The topological polar surface area (TPSA) is 58.0 Å². The molecule has 0 saturated carbocycles. The number of carbonyl (C=O) groups is 1. The zero-order valence-corrected chi connectivity index (χ0v) is 19.7. The highest BCUT2D eigenvalue weighted by Crippen LogP contribution is 2.30. The van der Waals surface area contributed by atoms with Gasteiger partial charge in [0.1, 0.15) is 12.3 Å². The fourth-order valence-electron chi connectivity index (χ4n) is 3.09. The van der Waals surface area contributed by atoms with Crippen molar-refractivity contribution < 1.29 is 31.5 Å². The van der Waals surface area contributed by atoms with Crippen molar-refractivity contribution in [1.29, 1.82) is 0 Å². The number of hydrazone groups is 1. The summed E-state index contributed by atoms with van der Waals surface area (Å²) in [5.41, 5.74) is -1.41. The van der Waals surface area contributed by atoms with Gasteiger partial charge in [-0.1, -0.05) is 18.8 Å². The number of ether oxygens (including phenoxy) is 1. The number of rotatable bonds is 8. The van der Waals surface area contributed by atoms with Crippen molar-refractivity contribution in [2.75, 3.05) is 25.2 Å². The second-order valence-corrected chi connectivity index (χ2v) is 7.33. The maximum Gasteiger partial charge on any atom is 0.417 e. The molecule has 0 bridgehead atoms. The molecule has 1 atom stereocenters. The maximum atomic E-state index is 14.7. The summed E-state index contributed by atoms with van der Waals surface area (Å²) in [4.78, 5) is 18.3. The van der Waals surface area contributed by atoms with Gasteiger partial charge in [-0.2, -0.15) is 18.3 Å². The number of hydrogen-bond donors (Lipinski definition) is 0. The van der Waals surface area contributed by atoms with Crippen LogP contribution >= 0.6 is 0 Å². The highest BCUT2D eigenvalue weighted by Gasteiger charge is 2.31. The van der Waals surface area contributed by atoms with E-state index in [0.29, 0.717) is 12.6 Å². The predicted octanol–water partition coefficient (Wildman–Crippen LogP) is 5.14. The van der Waals surface area contributed by atoms with Crippen molar-refractivity contribution in [3.05, 3.63) is 53.2 Å². The Labute approximate surface area is 200 Å². The molecule has 0 radical (unpaired) electrons. The molecule has 35 heavy (non-hydrogen) atoms. The van der Waals surface area contributed by atoms with E-state index in [0.717, 1.165) is 29.3 Å². The Morgan fingerprint density at radius 1 is 1.23 bits per heavy atom. The zero-order chi connectivity index (χ0) is 26.2. The minimum absolute atomic E-state index is 0.0517. The van der Waals surface area contributed by atoms with E-state index < -0.39 is 35.3 Å². The second-order valence-electron chi connectivity index (χ2n) is 7.33. The third-order valence-electron chi connectivity index (χ3n) is 4.87. The van der Waals surface area contributed by atoms with E-state index in [-0.39, 0.29) is 30.3 Å². The molecule has 6 nitrogen and oxygen atoms in total. The normalized spacial score (nSPS) is 12.1. The van der Waals surface area contributed by atoms with Crippen LogP contribution in [0.3, 0.4) is 0 Å². The number of aromatic nitrogens is 1. The first-order valence-corrected chi connectivity index (χ1v) is 10.7. The fourth-order valence-corrected chi connectivity index (χ4v) is 3.09. The monoisotopic (exact) mass is 496 g/mol. The van der Waals surface area contributed by atoms with Crippen molar-refractivity contribution in [3.63, 3.8) is 0 Å². The first kappa shape index (κ1) is 27.6. The van der Waals surface area contributed by atoms with Crippen LogP contribution < -0.4 is 9.75 Å². The summed E-state index contributed by atoms with van der Waals surface area (Å²) >= 11 is 0. The Bertz CT molecular complexity index is 1110. The van der Waals surface area contributed by atoms with E-state index in [2.05, 4.69) is 21.9 Å². The molecule has 1 unspecified atom stereocenters. The first-order valence-electron chi connectivity index (χ1n) is 10.7. The molecule has 2 rings (SSSR count). The molecule has 1 aromatic heterocycles. The average molecular weight is 496 g/mol. The predicted molar refractivity (Wildman–Crippen MR) is 122 cm³/mol. The van der Waals surface area contributed by atoms with E-state index in [9.17, 15) is 26.7 Å². The van der Waals surface area contributed by atoms with Gasteiger partial charge in [0.15, 0.2) is 11.6 Å². The molecule has 0 fully saturated rings. The standard InChI is InChI=1S/C24H25F5N4O2/c1-5-7-8-13-31-32(4)22-18(10-11-19(25)21(22)26)23(34)33(6-2)16(3)15-35-20-12-9-17(14-30-20)24(27,28)29/h9-14,16H,5-6,15H2,1-4H3/b31-13-. The molecule has 0 N–H and O–H groups in total.